The smallest absolute Gasteiger partial charge is 0.189 e. The molecule has 2 rings (SSSR count). The first-order valence-electron chi connectivity index (χ1n) is 7.61. The van der Waals surface area contributed by atoms with E-state index in [1.54, 1.807) is 0 Å². The summed E-state index contributed by atoms with van der Waals surface area (Å²) in [7, 11) is 0. The lowest BCUT2D eigenvalue weighted by Crippen LogP contribution is -2.34. The third kappa shape index (κ3) is 3.51. The number of guanidine groups is 1. The van der Waals surface area contributed by atoms with E-state index < -0.39 is 0 Å². The minimum atomic E-state index is 0.471. The van der Waals surface area contributed by atoms with Crippen molar-refractivity contribution < 1.29 is 0 Å². The van der Waals surface area contributed by atoms with E-state index in [0.717, 1.165) is 25.9 Å². The van der Waals surface area contributed by atoms with Crippen molar-refractivity contribution in [1.29, 1.82) is 0 Å². The average Bonchev–Trinajstić information content (AvgIpc) is 2.83. The molecule has 1 aromatic rings. The second-order valence-corrected chi connectivity index (χ2v) is 5.33. The number of benzene rings is 1. The highest BCUT2D eigenvalue weighted by Gasteiger charge is 2.27. The first-order chi connectivity index (χ1) is 9.76. The van der Waals surface area contributed by atoms with Crippen molar-refractivity contribution >= 4 is 5.96 Å². The van der Waals surface area contributed by atoms with Crippen LogP contribution in [0.5, 0.6) is 0 Å². The van der Waals surface area contributed by atoms with Gasteiger partial charge in [-0.05, 0) is 24.0 Å². The largest absolute Gasteiger partial charge is 0.370 e. The molecule has 0 bridgehead atoms. The van der Waals surface area contributed by atoms with E-state index in [1.807, 2.05) is 0 Å². The molecule has 4 nitrogen and oxygen atoms in total. The van der Waals surface area contributed by atoms with Gasteiger partial charge in [0.1, 0.15) is 0 Å². The van der Waals surface area contributed by atoms with E-state index in [0.29, 0.717) is 18.7 Å². The van der Waals surface area contributed by atoms with E-state index in [9.17, 15) is 0 Å². The Bertz CT molecular complexity index is 456. The summed E-state index contributed by atoms with van der Waals surface area (Å²) in [5.41, 5.74) is 8.77. The minimum absolute atomic E-state index is 0.471. The van der Waals surface area contributed by atoms with Crippen LogP contribution in [0.2, 0.25) is 0 Å². The quantitative estimate of drug-likeness (QED) is 0.476. The predicted molar refractivity (Wildman–Crippen MR) is 84.4 cm³/mol. The lowest BCUT2D eigenvalue weighted by molar-refractivity contribution is 0.217. The number of fused-ring (bicyclic) bond motifs is 1. The third-order valence-electron chi connectivity index (χ3n) is 3.87. The highest BCUT2D eigenvalue weighted by Crippen LogP contribution is 2.35. The van der Waals surface area contributed by atoms with Crippen LogP contribution in [0.3, 0.4) is 0 Å². The molecule has 110 valence electrons. The van der Waals surface area contributed by atoms with Crippen LogP contribution in [0, 0.1) is 0 Å². The molecule has 4 heteroatoms. The van der Waals surface area contributed by atoms with Crippen molar-refractivity contribution in [1.82, 2.24) is 10.2 Å². The van der Waals surface area contributed by atoms with Crippen LogP contribution >= 0.6 is 0 Å². The van der Waals surface area contributed by atoms with Crippen LogP contribution in [0.4, 0.5) is 0 Å². The normalized spacial score (nSPS) is 19.1. The van der Waals surface area contributed by atoms with Gasteiger partial charge in [0.05, 0.1) is 6.67 Å². The zero-order chi connectivity index (χ0) is 14.4. The molecule has 0 amide bonds. The lowest BCUT2D eigenvalue weighted by atomic mass is 10.0. The Kier molecular flexibility index (Phi) is 5.41. The fourth-order valence-corrected chi connectivity index (χ4v) is 2.77. The Morgan fingerprint density at radius 2 is 2.20 bits per heavy atom. The summed E-state index contributed by atoms with van der Waals surface area (Å²) < 4.78 is 0. The topological polar surface area (TPSA) is 53.6 Å². The first-order valence-corrected chi connectivity index (χ1v) is 7.61. The molecule has 1 unspecified atom stereocenters. The van der Waals surface area contributed by atoms with Crippen molar-refractivity contribution in [2.45, 2.75) is 45.7 Å². The minimum Gasteiger partial charge on any atom is -0.370 e. The van der Waals surface area contributed by atoms with Gasteiger partial charge in [0.25, 0.3) is 0 Å². The Morgan fingerprint density at radius 3 is 2.95 bits per heavy atom. The van der Waals surface area contributed by atoms with Crippen LogP contribution in [0.25, 0.3) is 0 Å². The Labute approximate surface area is 122 Å². The molecule has 1 aliphatic heterocycles. The van der Waals surface area contributed by atoms with E-state index in [-0.39, 0.29) is 0 Å². The zero-order valence-corrected chi connectivity index (χ0v) is 12.6. The van der Waals surface area contributed by atoms with Crippen LogP contribution < -0.4 is 11.1 Å². The molecule has 3 N–H and O–H groups in total. The molecule has 1 aliphatic rings. The summed E-state index contributed by atoms with van der Waals surface area (Å²) in [5.74, 6) is 0.559. The van der Waals surface area contributed by atoms with Gasteiger partial charge < -0.3 is 11.1 Å². The monoisotopic (exact) mass is 274 g/mol. The molecular weight excluding hydrogens is 248 g/mol. The van der Waals surface area contributed by atoms with Crippen molar-refractivity contribution in [2.75, 3.05) is 13.2 Å². The summed E-state index contributed by atoms with van der Waals surface area (Å²) in [6.45, 7) is 6.94. The van der Waals surface area contributed by atoms with Crippen molar-refractivity contribution in [2.24, 2.45) is 10.7 Å². The molecule has 0 aromatic heterocycles. The Hall–Kier alpha value is -1.55. The summed E-state index contributed by atoms with van der Waals surface area (Å²) in [5, 5.41) is 3.16. The van der Waals surface area contributed by atoms with Gasteiger partial charge in [-0.25, -0.2) is 4.99 Å². The summed E-state index contributed by atoms with van der Waals surface area (Å²) in [6.07, 6.45) is 3.40. The molecule has 1 aromatic carbocycles. The maximum atomic E-state index is 5.90. The number of nitrogens with zero attached hydrogens (tertiary/aromatic N) is 2. The van der Waals surface area contributed by atoms with E-state index in [4.69, 9.17) is 5.73 Å². The number of hydrogen-bond acceptors (Lipinski definition) is 2. The van der Waals surface area contributed by atoms with Crippen molar-refractivity contribution in [3.05, 3.63) is 35.4 Å². The zero-order valence-electron chi connectivity index (χ0n) is 12.6. The van der Waals surface area contributed by atoms with Gasteiger partial charge in [-0.2, -0.15) is 0 Å². The summed E-state index contributed by atoms with van der Waals surface area (Å²) >= 11 is 0. The number of unbranched alkanes of at least 4 members (excludes halogenated alkanes) is 1. The van der Waals surface area contributed by atoms with Gasteiger partial charge in [0.2, 0.25) is 0 Å². The van der Waals surface area contributed by atoms with Crippen molar-refractivity contribution in [3.8, 4) is 0 Å². The number of rotatable bonds is 6. The maximum absolute atomic E-state index is 5.90. The molecule has 1 atom stereocenters. The molecular formula is C16H26N4. The van der Waals surface area contributed by atoms with Crippen molar-refractivity contribution in [3.63, 3.8) is 0 Å². The highest BCUT2D eigenvalue weighted by atomic mass is 15.3. The number of hydrogen-bond donors (Lipinski definition) is 2. The van der Waals surface area contributed by atoms with Gasteiger partial charge in [-0.3, -0.25) is 4.90 Å². The standard InChI is InChI=1S/C16H26N4/c1-3-5-10-18-16(17)19-12-20-11-13-8-6-7-9-14(13)15(20)4-2/h6-9,15H,3-5,10-12H2,1-2H3,(H3,17,18,19). The summed E-state index contributed by atoms with van der Waals surface area (Å²) in [6, 6.07) is 9.15. The first kappa shape index (κ1) is 14.9. The molecule has 20 heavy (non-hydrogen) atoms. The van der Waals surface area contributed by atoms with Gasteiger partial charge in [-0.1, -0.05) is 44.5 Å². The van der Waals surface area contributed by atoms with Crippen LogP contribution in [-0.2, 0) is 6.54 Å². The van der Waals surface area contributed by atoms with Gasteiger partial charge in [0, 0.05) is 19.1 Å². The van der Waals surface area contributed by atoms with Crippen LogP contribution in [-0.4, -0.2) is 24.1 Å². The number of nitrogens with two attached hydrogens (primary N) is 1. The predicted octanol–water partition coefficient (Wildman–Crippen LogP) is 2.62. The Morgan fingerprint density at radius 1 is 1.40 bits per heavy atom. The molecule has 0 radical (unpaired) electrons. The average molecular weight is 274 g/mol. The maximum Gasteiger partial charge on any atom is 0.189 e. The molecule has 0 saturated carbocycles. The summed E-state index contributed by atoms with van der Waals surface area (Å²) in [4.78, 5) is 6.86. The molecule has 0 fully saturated rings. The number of aliphatic imine (C=N–C) groups is 1. The molecule has 1 heterocycles. The van der Waals surface area contributed by atoms with E-state index >= 15 is 0 Å². The van der Waals surface area contributed by atoms with Gasteiger partial charge in [0.15, 0.2) is 5.96 Å². The van der Waals surface area contributed by atoms with Crippen LogP contribution in [0.15, 0.2) is 29.3 Å². The molecule has 0 spiro atoms. The Balaban J connectivity index is 1.92. The van der Waals surface area contributed by atoms with Gasteiger partial charge >= 0.3 is 0 Å². The molecule has 0 aliphatic carbocycles. The highest BCUT2D eigenvalue weighted by molar-refractivity contribution is 5.77. The SMILES string of the molecule is CCCCNC(N)=NCN1Cc2ccccc2C1CC. The molecule has 0 saturated heterocycles. The van der Waals surface area contributed by atoms with Crippen LogP contribution in [0.1, 0.15) is 50.3 Å². The second kappa shape index (κ2) is 7.29. The van der Waals surface area contributed by atoms with E-state index in [1.165, 1.54) is 17.5 Å². The van der Waals surface area contributed by atoms with E-state index in [2.05, 4.69) is 53.3 Å². The fraction of sp³-hybridized carbons (Fsp3) is 0.562. The number of nitrogens with one attached hydrogen (secondary N) is 1. The fourth-order valence-electron chi connectivity index (χ4n) is 2.77. The lowest BCUT2D eigenvalue weighted by Gasteiger charge is -2.22. The second-order valence-electron chi connectivity index (χ2n) is 5.33. The third-order valence-corrected chi connectivity index (χ3v) is 3.87. The van der Waals surface area contributed by atoms with Gasteiger partial charge in [-0.15, -0.1) is 0 Å².